The molecule has 2 aromatic carbocycles. The first-order valence-electron chi connectivity index (χ1n) is 7.37. The molecule has 0 saturated carbocycles. The van der Waals surface area contributed by atoms with Gasteiger partial charge in [0.2, 0.25) is 10.0 Å². The lowest BCUT2D eigenvalue weighted by Crippen LogP contribution is -2.28. The molecule has 0 radical (unpaired) electrons. The molecule has 0 aromatic heterocycles. The van der Waals surface area contributed by atoms with Crippen molar-refractivity contribution < 1.29 is 13.2 Å². The Morgan fingerprint density at radius 1 is 1.09 bits per heavy atom. The lowest BCUT2D eigenvalue weighted by molar-refractivity contribution is 0.340. The first kappa shape index (κ1) is 17.8. The molecule has 124 valence electrons. The van der Waals surface area contributed by atoms with Crippen molar-refractivity contribution in [3.05, 3.63) is 64.7 Å². The average molecular weight is 354 g/mol. The van der Waals surface area contributed by atoms with Crippen molar-refractivity contribution in [1.29, 1.82) is 0 Å². The molecule has 1 atom stereocenters. The number of benzene rings is 2. The van der Waals surface area contributed by atoms with Gasteiger partial charge in [-0.25, -0.2) is 13.1 Å². The minimum Gasteiger partial charge on any atom is -0.494 e. The first-order chi connectivity index (χ1) is 10.9. The lowest BCUT2D eigenvalue weighted by Gasteiger charge is -2.15. The summed E-state index contributed by atoms with van der Waals surface area (Å²) in [4.78, 5) is 0. The molecule has 0 fully saturated rings. The van der Waals surface area contributed by atoms with Crippen LogP contribution in [0.1, 0.15) is 31.0 Å². The average Bonchev–Trinajstić information content (AvgIpc) is 2.50. The minimum absolute atomic E-state index is 0.0778. The lowest BCUT2D eigenvalue weighted by atomic mass is 10.1. The third-order valence-corrected chi connectivity index (χ3v) is 5.00. The van der Waals surface area contributed by atoms with Crippen molar-refractivity contribution in [3.63, 3.8) is 0 Å². The van der Waals surface area contributed by atoms with E-state index in [0.717, 1.165) is 11.3 Å². The van der Waals surface area contributed by atoms with Crippen molar-refractivity contribution in [3.8, 4) is 5.75 Å². The zero-order valence-electron chi connectivity index (χ0n) is 13.1. The molecule has 0 heterocycles. The number of ether oxygens (including phenoxy) is 1. The van der Waals surface area contributed by atoms with Crippen LogP contribution in [0.5, 0.6) is 5.75 Å². The highest BCUT2D eigenvalue weighted by atomic mass is 35.5. The van der Waals surface area contributed by atoms with Gasteiger partial charge in [0.25, 0.3) is 0 Å². The van der Waals surface area contributed by atoms with Crippen molar-refractivity contribution in [2.75, 3.05) is 6.61 Å². The molecule has 0 aliphatic heterocycles. The zero-order chi connectivity index (χ0) is 16.9. The summed E-state index contributed by atoms with van der Waals surface area (Å²) in [6.45, 7) is 4.33. The number of nitrogens with one attached hydrogen (secondary N) is 1. The van der Waals surface area contributed by atoms with E-state index < -0.39 is 10.0 Å². The van der Waals surface area contributed by atoms with E-state index in [4.69, 9.17) is 16.3 Å². The number of rotatable bonds is 7. The highest BCUT2D eigenvalue weighted by molar-refractivity contribution is 7.88. The maximum absolute atomic E-state index is 12.3. The van der Waals surface area contributed by atoms with Gasteiger partial charge in [0.05, 0.1) is 12.4 Å². The summed E-state index contributed by atoms with van der Waals surface area (Å²) in [5.74, 6) is 0.693. The standard InChI is InChI=1S/C17H20ClNO3S/c1-3-22-17-10-6-15(7-11-17)13(2)19-23(20,21)12-14-4-8-16(18)9-5-14/h4-11,13,19H,3,12H2,1-2H3/t13-/m1/s1. The van der Waals surface area contributed by atoms with Crippen LogP contribution in [-0.2, 0) is 15.8 Å². The van der Waals surface area contributed by atoms with Crippen LogP contribution in [0, 0.1) is 0 Å². The molecule has 0 saturated heterocycles. The van der Waals surface area contributed by atoms with Crippen LogP contribution >= 0.6 is 11.6 Å². The topological polar surface area (TPSA) is 55.4 Å². The van der Waals surface area contributed by atoms with Crippen molar-refractivity contribution in [1.82, 2.24) is 4.72 Å². The molecule has 0 bridgehead atoms. The summed E-state index contributed by atoms with van der Waals surface area (Å²) < 4.78 is 32.6. The van der Waals surface area contributed by atoms with E-state index in [9.17, 15) is 8.42 Å². The van der Waals surface area contributed by atoms with Gasteiger partial charge in [-0.15, -0.1) is 0 Å². The Balaban J connectivity index is 2.02. The van der Waals surface area contributed by atoms with Crippen LogP contribution in [0.4, 0.5) is 0 Å². The van der Waals surface area contributed by atoms with Gasteiger partial charge in [-0.2, -0.15) is 0 Å². The van der Waals surface area contributed by atoms with E-state index in [2.05, 4.69) is 4.72 Å². The summed E-state index contributed by atoms with van der Waals surface area (Å²) in [6.07, 6.45) is 0. The van der Waals surface area contributed by atoms with E-state index in [-0.39, 0.29) is 11.8 Å². The molecule has 0 spiro atoms. The maximum atomic E-state index is 12.3. The van der Waals surface area contributed by atoms with Crippen LogP contribution in [0.15, 0.2) is 48.5 Å². The monoisotopic (exact) mass is 353 g/mol. The Hall–Kier alpha value is -1.56. The SMILES string of the molecule is CCOc1ccc([C@@H](C)NS(=O)(=O)Cc2ccc(Cl)cc2)cc1. The second-order valence-corrected chi connectivity index (χ2v) is 7.42. The van der Waals surface area contributed by atoms with Crippen molar-refractivity contribution >= 4 is 21.6 Å². The Labute approximate surface area is 142 Å². The van der Waals surface area contributed by atoms with Crippen LogP contribution in [0.2, 0.25) is 5.02 Å². The minimum atomic E-state index is -3.44. The van der Waals surface area contributed by atoms with E-state index in [1.54, 1.807) is 24.3 Å². The third-order valence-electron chi connectivity index (χ3n) is 3.32. The Morgan fingerprint density at radius 2 is 1.70 bits per heavy atom. The molecular formula is C17H20ClNO3S. The molecule has 0 aliphatic rings. The third kappa shape index (κ3) is 5.53. The second kappa shape index (κ2) is 7.81. The Bertz CT molecular complexity index is 727. The van der Waals surface area contributed by atoms with Crippen LogP contribution < -0.4 is 9.46 Å². The zero-order valence-corrected chi connectivity index (χ0v) is 14.7. The summed E-state index contributed by atoms with van der Waals surface area (Å²) in [5, 5.41) is 0.585. The normalized spacial score (nSPS) is 12.8. The van der Waals surface area contributed by atoms with Crippen molar-refractivity contribution in [2.45, 2.75) is 25.6 Å². The number of hydrogen-bond acceptors (Lipinski definition) is 3. The summed E-state index contributed by atoms with van der Waals surface area (Å²) in [6, 6.07) is 13.9. The Morgan fingerprint density at radius 3 is 2.26 bits per heavy atom. The second-order valence-electron chi connectivity index (χ2n) is 5.23. The fourth-order valence-corrected chi connectivity index (χ4v) is 3.71. The predicted octanol–water partition coefficient (Wildman–Crippen LogP) is 3.92. The molecule has 2 rings (SSSR count). The van der Waals surface area contributed by atoms with Gasteiger partial charge in [0.1, 0.15) is 5.75 Å². The van der Waals surface area contributed by atoms with Gasteiger partial charge in [-0.3, -0.25) is 0 Å². The highest BCUT2D eigenvalue weighted by Crippen LogP contribution is 2.19. The maximum Gasteiger partial charge on any atom is 0.216 e. The Kier molecular flexibility index (Phi) is 6.04. The summed E-state index contributed by atoms with van der Waals surface area (Å²) >= 11 is 5.81. The number of hydrogen-bond donors (Lipinski definition) is 1. The van der Waals surface area contributed by atoms with Gasteiger partial charge >= 0.3 is 0 Å². The van der Waals surface area contributed by atoms with Crippen molar-refractivity contribution in [2.24, 2.45) is 0 Å². The van der Waals surface area contributed by atoms with Gasteiger partial charge in [0, 0.05) is 11.1 Å². The molecular weight excluding hydrogens is 334 g/mol. The fraction of sp³-hybridized carbons (Fsp3) is 0.294. The molecule has 1 N–H and O–H groups in total. The summed E-state index contributed by atoms with van der Waals surface area (Å²) in [7, 11) is -3.44. The van der Waals surface area contributed by atoms with Gasteiger partial charge in [0.15, 0.2) is 0 Å². The molecule has 0 unspecified atom stereocenters. The number of sulfonamides is 1. The van der Waals surface area contributed by atoms with Gasteiger partial charge in [-0.1, -0.05) is 35.9 Å². The van der Waals surface area contributed by atoms with E-state index in [1.165, 1.54) is 0 Å². The van der Waals surface area contributed by atoms with Gasteiger partial charge in [-0.05, 0) is 49.2 Å². The predicted molar refractivity (Wildman–Crippen MR) is 93.2 cm³/mol. The molecule has 2 aromatic rings. The summed E-state index contributed by atoms with van der Waals surface area (Å²) in [5.41, 5.74) is 1.58. The van der Waals surface area contributed by atoms with E-state index in [0.29, 0.717) is 17.2 Å². The van der Waals surface area contributed by atoms with E-state index in [1.807, 2.05) is 38.1 Å². The smallest absolute Gasteiger partial charge is 0.216 e. The van der Waals surface area contributed by atoms with Crippen LogP contribution in [0.3, 0.4) is 0 Å². The quantitative estimate of drug-likeness (QED) is 0.820. The highest BCUT2D eigenvalue weighted by Gasteiger charge is 2.16. The largest absolute Gasteiger partial charge is 0.494 e. The van der Waals surface area contributed by atoms with Crippen LogP contribution in [0.25, 0.3) is 0 Å². The van der Waals surface area contributed by atoms with E-state index >= 15 is 0 Å². The van der Waals surface area contributed by atoms with Gasteiger partial charge < -0.3 is 4.74 Å². The fourth-order valence-electron chi connectivity index (χ4n) is 2.20. The molecule has 6 heteroatoms. The molecule has 0 aliphatic carbocycles. The first-order valence-corrected chi connectivity index (χ1v) is 9.40. The molecule has 0 amide bonds. The van der Waals surface area contributed by atoms with Crippen LogP contribution in [-0.4, -0.2) is 15.0 Å². The molecule has 4 nitrogen and oxygen atoms in total. The molecule has 23 heavy (non-hydrogen) atoms. The number of halogens is 1.